The predicted octanol–water partition coefficient (Wildman–Crippen LogP) is 3.10. The van der Waals surface area contributed by atoms with Crippen LogP contribution in [0.3, 0.4) is 0 Å². The van der Waals surface area contributed by atoms with Gasteiger partial charge >= 0.3 is 5.97 Å². The second-order valence-corrected chi connectivity index (χ2v) is 8.49. The summed E-state index contributed by atoms with van der Waals surface area (Å²) in [4.78, 5) is 32.1. The highest BCUT2D eigenvalue weighted by Crippen LogP contribution is 2.37. The number of carbonyl (C=O) groups is 2. The number of aromatic hydroxyl groups is 2. The Balaban J connectivity index is 1.88. The zero-order chi connectivity index (χ0) is 24.5. The highest BCUT2D eigenvalue weighted by Gasteiger charge is 2.25. The molecule has 0 saturated carbocycles. The summed E-state index contributed by atoms with van der Waals surface area (Å²) in [5.41, 5.74) is 0.182. The summed E-state index contributed by atoms with van der Waals surface area (Å²) in [7, 11) is 0. The van der Waals surface area contributed by atoms with Crippen LogP contribution in [0.5, 0.6) is 11.5 Å². The van der Waals surface area contributed by atoms with Crippen molar-refractivity contribution in [1.82, 2.24) is 4.90 Å². The molecule has 0 spiro atoms. The maximum absolute atomic E-state index is 12.7. The first-order valence-corrected chi connectivity index (χ1v) is 11.6. The number of piperidine rings is 1. The largest absolute Gasteiger partial charge is 0.507 e. The van der Waals surface area contributed by atoms with Crippen LogP contribution in [0.1, 0.15) is 48.0 Å². The van der Waals surface area contributed by atoms with Crippen molar-refractivity contribution in [1.29, 1.82) is 0 Å². The van der Waals surface area contributed by atoms with Crippen molar-refractivity contribution < 1.29 is 34.5 Å². The van der Waals surface area contributed by atoms with Crippen LogP contribution in [-0.2, 0) is 20.8 Å². The molecule has 10 heteroatoms. The lowest BCUT2D eigenvalue weighted by Gasteiger charge is -2.26. The molecule has 0 radical (unpaired) electrons. The van der Waals surface area contributed by atoms with E-state index in [1.165, 1.54) is 0 Å². The average Bonchev–Trinajstić information content (AvgIpc) is 2.81. The summed E-state index contributed by atoms with van der Waals surface area (Å²) in [6.07, 6.45) is 9.34. The Morgan fingerprint density at radius 3 is 2.74 bits per heavy atom. The number of fused-ring (bicyclic) bond motifs is 1. The van der Waals surface area contributed by atoms with E-state index in [2.05, 4.69) is 5.16 Å². The number of phenolic OH excluding ortho intramolecular Hbond substituents is 2. The zero-order valence-corrected chi connectivity index (χ0v) is 19.5. The molecule has 0 aliphatic carbocycles. The second kappa shape index (κ2) is 12.4. The fraction of sp³-hybridized carbons (Fsp3) is 0.458. The van der Waals surface area contributed by atoms with E-state index in [1.807, 2.05) is 0 Å². The van der Waals surface area contributed by atoms with E-state index < -0.39 is 23.6 Å². The first-order chi connectivity index (χ1) is 16.4. The van der Waals surface area contributed by atoms with Crippen LogP contribution >= 0.6 is 11.6 Å². The van der Waals surface area contributed by atoms with Crippen molar-refractivity contribution in [2.75, 3.05) is 26.3 Å². The van der Waals surface area contributed by atoms with Gasteiger partial charge in [0.05, 0.1) is 23.4 Å². The minimum Gasteiger partial charge on any atom is -0.507 e. The molecule has 0 bridgehead atoms. The number of nitrogens with zero attached hydrogens (tertiary/aromatic N) is 2. The van der Waals surface area contributed by atoms with Crippen LogP contribution in [-0.4, -0.2) is 70.2 Å². The van der Waals surface area contributed by atoms with E-state index in [1.54, 1.807) is 29.2 Å². The molecule has 1 unspecified atom stereocenters. The number of aliphatic hydroxyl groups excluding tert-OH is 1. The average molecular weight is 493 g/mol. The van der Waals surface area contributed by atoms with Crippen LogP contribution in [0.15, 0.2) is 35.5 Å². The maximum Gasteiger partial charge on any atom is 0.342 e. The van der Waals surface area contributed by atoms with Crippen LogP contribution in [0, 0.1) is 0 Å². The lowest BCUT2D eigenvalue weighted by Crippen LogP contribution is -2.37. The van der Waals surface area contributed by atoms with Gasteiger partial charge in [-0.05, 0) is 43.7 Å². The maximum atomic E-state index is 12.7. The van der Waals surface area contributed by atoms with Gasteiger partial charge in [0.1, 0.15) is 17.1 Å². The van der Waals surface area contributed by atoms with Gasteiger partial charge in [0.2, 0.25) is 0 Å². The summed E-state index contributed by atoms with van der Waals surface area (Å²) in [6, 6.07) is 0.974. The molecule has 2 aliphatic heterocycles. The van der Waals surface area contributed by atoms with Gasteiger partial charge in [-0.2, -0.15) is 0 Å². The van der Waals surface area contributed by atoms with Crippen LogP contribution in [0.4, 0.5) is 0 Å². The number of phenols is 2. The Kier molecular flexibility index (Phi) is 9.35. The van der Waals surface area contributed by atoms with Gasteiger partial charge in [-0.25, -0.2) is 4.79 Å². The van der Waals surface area contributed by atoms with Gasteiger partial charge in [0.25, 0.3) is 5.91 Å². The third kappa shape index (κ3) is 6.98. The molecule has 1 aromatic rings. The smallest absolute Gasteiger partial charge is 0.342 e. The Labute approximate surface area is 202 Å². The lowest BCUT2D eigenvalue weighted by atomic mass is 9.99. The van der Waals surface area contributed by atoms with Crippen molar-refractivity contribution in [2.24, 2.45) is 5.16 Å². The van der Waals surface area contributed by atoms with Crippen molar-refractivity contribution >= 4 is 29.2 Å². The number of cyclic esters (lactones) is 1. The number of likely N-dealkylation sites (tertiary alicyclic amines) is 1. The number of oxime groups is 1. The molecular weight excluding hydrogens is 464 g/mol. The Morgan fingerprint density at radius 2 is 1.97 bits per heavy atom. The van der Waals surface area contributed by atoms with Gasteiger partial charge in [0.15, 0.2) is 6.61 Å². The number of halogens is 1. The summed E-state index contributed by atoms with van der Waals surface area (Å²) in [6.45, 7) is 1.15. The molecule has 2 aliphatic rings. The molecule has 9 nitrogen and oxygen atoms in total. The molecule has 184 valence electrons. The fourth-order valence-corrected chi connectivity index (χ4v) is 3.97. The van der Waals surface area contributed by atoms with E-state index in [9.17, 15) is 24.9 Å². The monoisotopic (exact) mass is 492 g/mol. The van der Waals surface area contributed by atoms with Crippen molar-refractivity contribution in [2.45, 2.75) is 44.6 Å². The van der Waals surface area contributed by atoms with Crippen molar-refractivity contribution in [3.05, 3.63) is 46.5 Å². The number of esters is 1. The fourth-order valence-electron chi connectivity index (χ4n) is 3.75. The van der Waals surface area contributed by atoms with E-state index in [0.717, 1.165) is 25.3 Å². The van der Waals surface area contributed by atoms with E-state index >= 15 is 0 Å². The Bertz CT molecular complexity index is 984. The summed E-state index contributed by atoms with van der Waals surface area (Å²) in [5, 5.41) is 34.4. The molecule has 1 amide bonds. The molecule has 34 heavy (non-hydrogen) atoms. The van der Waals surface area contributed by atoms with Crippen LogP contribution in [0.2, 0.25) is 5.02 Å². The number of allylic oxidation sites excluding steroid dienone is 1. The quantitative estimate of drug-likeness (QED) is 0.336. The van der Waals surface area contributed by atoms with E-state index in [-0.39, 0.29) is 53.8 Å². The van der Waals surface area contributed by atoms with Crippen LogP contribution in [0.25, 0.3) is 0 Å². The van der Waals surface area contributed by atoms with Crippen LogP contribution < -0.4 is 0 Å². The van der Waals surface area contributed by atoms with Crippen molar-refractivity contribution in [3.8, 4) is 11.5 Å². The molecule has 1 fully saturated rings. The summed E-state index contributed by atoms with van der Waals surface area (Å²) < 4.78 is 5.23. The predicted molar refractivity (Wildman–Crippen MR) is 126 cm³/mol. The lowest BCUT2D eigenvalue weighted by molar-refractivity contribution is -0.137. The van der Waals surface area contributed by atoms with Gasteiger partial charge in [-0.1, -0.05) is 35.0 Å². The van der Waals surface area contributed by atoms with Gasteiger partial charge in [-0.15, -0.1) is 0 Å². The summed E-state index contributed by atoms with van der Waals surface area (Å²) in [5.74, 6) is -1.88. The molecule has 1 aromatic carbocycles. The number of carbonyl (C=O) groups excluding carboxylic acids is 2. The third-order valence-corrected chi connectivity index (χ3v) is 5.95. The molecular formula is C24H29ClN2O7. The van der Waals surface area contributed by atoms with E-state index in [0.29, 0.717) is 19.5 Å². The molecule has 3 N–H and O–H groups in total. The molecule has 1 saturated heterocycles. The summed E-state index contributed by atoms with van der Waals surface area (Å²) >= 11 is 6.27. The Morgan fingerprint density at radius 1 is 1.21 bits per heavy atom. The highest BCUT2D eigenvalue weighted by atomic mass is 35.5. The first-order valence-electron chi connectivity index (χ1n) is 11.2. The number of ether oxygens (including phenoxy) is 1. The molecule has 1 atom stereocenters. The normalized spacial score (nSPS) is 22.9. The van der Waals surface area contributed by atoms with Gasteiger partial charge < -0.3 is 29.8 Å². The standard InChI is InChI=1S/C24H29ClN2O7/c25-23-18-13-16(26-34-15-21(31)27-10-3-1-4-11-27)7-6-9-17(28)8-2-5-12-33-24(32)22(18)19(29)14-20(23)30/h2,6-8,14,17,28-30H,1,3-5,9-13,15H2/b7-6+,8-2+,26-16-. The molecule has 3 rings (SSSR count). The number of amides is 1. The number of hydrogen-bond donors (Lipinski definition) is 3. The number of hydrogen-bond acceptors (Lipinski definition) is 8. The van der Waals surface area contributed by atoms with Gasteiger partial charge in [-0.3, -0.25) is 4.79 Å². The minimum atomic E-state index is -0.815. The topological polar surface area (TPSA) is 129 Å². The highest BCUT2D eigenvalue weighted by molar-refractivity contribution is 6.33. The minimum absolute atomic E-state index is 0.0257. The number of benzene rings is 1. The first kappa shape index (κ1) is 25.6. The van der Waals surface area contributed by atoms with E-state index in [4.69, 9.17) is 21.2 Å². The zero-order valence-electron chi connectivity index (χ0n) is 18.8. The van der Waals surface area contributed by atoms with Gasteiger partial charge in [0, 0.05) is 25.6 Å². The molecule has 2 heterocycles. The Hall–Kier alpha value is -3.04. The third-order valence-electron chi connectivity index (χ3n) is 5.53. The number of rotatable bonds is 3. The number of aliphatic hydroxyl groups is 1. The second-order valence-electron chi connectivity index (χ2n) is 8.11. The SMILES string of the molecule is O=C1OCC/C=C/C(O)C/C=C/C(=N/OCC(=O)N2CCCCC2)Cc2c(Cl)c(O)cc(O)c21. The molecule has 0 aromatic heterocycles. The van der Waals surface area contributed by atoms with Crippen molar-refractivity contribution in [3.63, 3.8) is 0 Å².